The minimum atomic E-state index is 0.174. The van der Waals surface area contributed by atoms with Crippen LogP contribution in [-0.4, -0.2) is 42.3 Å². The molecule has 1 fully saturated rings. The van der Waals surface area contributed by atoms with Crippen LogP contribution in [0.15, 0.2) is 36.4 Å². The summed E-state index contributed by atoms with van der Waals surface area (Å²) in [6.07, 6.45) is 9.34. The highest BCUT2D eigenvalue weighted by Gasteiger charge is 2.22. The van der Waals surface area contributed by atoms with Gasteiger partial charge < -0.3 is 30.2 Å². The summed E-state index contributed by atoms with van der Waals surface area (Å²) in [5.41, 5.74) is 3.68. The first-order chi connectivity index (χ1) is 18.7. The zero-order valence-electron chi connectivity index (χ0n) is 22.5. The van der Waals surface area contributed by atoms with Crippen LogP contribution < -0.4 is 30.2 Å². The molecule has 3 N–H and O–H groups in total. The molecule has 2 aromatic carbocycles. The molecule has 202 valence electrons. The molecule has 5 rings (SSSR count). The van der Waals surface area contributed by atoms with E-state index in [-0.39, 0.29) is 6.04 Å². The van der Waals surface area contributed by atoms with E-state index in [1.807, 2.05) is 12.1 Å². The molecule has 1 unspecified atom stereocenters. The molecule has 0 radical (unpaired) electrons. The van der Waals surface area contributed by atoms with Crippen LogP contribution in [0.4, 0.5) is 17.8 Å². The Morgan fingerprint density at radius 2 is 1.45 bits per heavy atom. The van der Waals surface area contributed by atoms with Gasteiger partial charge in [-0.25, -0.2) is 0 Å². The number of fused-ring (bicyclic) bond motifs is 1. The molecule has 2 aliphatic rings. The van der Waals surface area contributed by atoms with E-state index in [9.17, 15) is 0 Å². The number of rotatable bonds is 10. The number of nitrogens with zero attached hydrogens (tertiary/aromatic N) is 3. The average molecular weight is 519 g/mol. The summed E-state index contributed by atoms with van der Waals surface area (Å²) in [4.78, 5) is 14.3. The number of nitrogens with one attached hydrogen (secondary N) is 3. The average Bonchev–Trinajstić information content (AvgIpc) is 2.96. The second-order valence-corrected chi connectivity index (χ2v) is 9.96. The fourth-order valence-electron chi connectivity index (χ4n) is 5.49. The molecule has 1 heterocycles. The van der Waals surface area contributed by atoms with Gasteiger partial charge in [-0.05, 0) is 60.9 Å². The number of aromatic nitrogens is 3. The molecular formula is C29H38N6O3. The Bertz CT molecular complexity index is 1210. The lowest BCUT2D eigenvalue weighted by molar-refractivity contribution is 0.324. The van der Waals surface area contributed by atoms with E-state index in [0.29, 0.717) is 47.7 Å². The largest absolute Gasteiger partial charge is 0.493 e. The lowest BCUT2D eigenvalue weighted by Crippen LogP contribution is -2.25. The standard InChI is InChI=1S/C29H38N6O3/c1-36-24-16-19(17-25(37-2)26(24)38-3)18-30-27-33-28(31-21-12-5-4-6-13-21)35-29(34-27)32-23-15-9-11-20-10-7-8-14-22(20)23/h7-8,10,14,16-17,21,23H,4-6,9,11-13,15,18H2,1-3H3,(H3,30,31,32,33,34,35). The molecule has 1 saturated carbocycles. The predicted molar refractivity (Wildman–Crippen MR) is 149 cm³/mol. The van der Waals surface area contributed by atoms with Gasteiger partial charge in [-0.3, -0.25) is 0 Å². The number of aryl methyl sites for hydroxylation is 1. The van der Waals surface area contributed by atoms with Crippen molar-refractivity contribution < 1.29 is 14.2 Å². The highest BCUT2D eigenvalue weighted by atomic mass is 16.5. The SMILES string of the molecule is COc1cc(CNc2nc(NC3CCCCC3)nc(NC3CCCc4ccccc43)n2)cc(OC)c1OC. The molecule has 2 aliphatic carbocycles. The van der Waals surface area contributed by atoms with Gasteiger partial charge in [-0.2, -0.15) is 15.0 Å². The van der Waals surface area contributed by atoms with Crippen LogP contribution in [0.5, 0.6) is 17.2 Å². The zero-order valence-corrected chi connectivity index (χ0v) is 22.5. The Kier molecular flexibility index (Phi) is 8.31. The van der Waals surface area contributed by atoms with Crippen molar-refractivity contribution in [3.63, 3.8) is 0 Å². The fraction of sp³-hybridized carbons (Fsp3) is 0.483. The Morgan fingerprint density at radius 3 is 2.16 bits per heavy atom. The Labute approximate surface area is 224 Å². The van der Waals surface area contributed by atoms with Crippen LogP contribution in [0, 0.1) is 0 Å². The quantitative estimate of drug-likeness (QED) is 0.310. The maximum atomic E-state index is 5.51. The van der Waals surface area contributed by atoms with Gasteiger partial charge in [0.1, 0.15) is 0 Å². The Morgan fingerprint density at radius 1 is 0.763 bits per heavy atom. The summed E-state index contributed by atoms with van der Waals surface area (Å²) in [5, 5.41) is 10.6. The number of ether oxygens (including phenoxy) is 3. The summed E-state index contributed by atoms with van der Waals surface area (Å²) in [5.74, 6) is 3.48. The molecule has 9 nitrogen and oxygen atoms in total. The van der Waals surface area contributed by atoms with Gasteiger partial charge in [0.2, 0.25) is 23.6 Å². The number of methoxy groups -OCH3 is 3. The molecule has 0 spiro atoms. The summed E-state index contributed by atoms with van der Waals surface area (Å²) in [6.45, 7) is 0.481. The van der Waals surface area contributed by atoms with E-state index >= 15 is 0 Å². The van der Waals surface area contributed by atoms with E-state index in [1.165, 1.54) is 30.4 Å². The molecule has 1 aromatic heterocycles. The van der Waals surface area contributed by atoms with Crippen LogP contribution in [0.25, 0.3) is 0 Å². The molecule has 0 amide bonds. The third-order valence-electron chi connectivity index (χ3n) is 7.42. The Hall–Kier alpha value is -3.75. The third-order valence-corrected chi connectivity index (χ3v) is 7.42. The van der Waals surface area contributed by atoms with Crippen molar-refractivity contribution in [2.75, 3.05) is 37.3 Å². The summed E-state index contributed by atoms with van der Waals surface area (Å²) >= 11 is 0. The van der Waals surface area contributed by atoms with Gasteiger partial charge in [0.05, 0.1) is 27.4 Å². The molecule has 0 bridgehead atoms. The van der Waals surface area contributed by atoms with Gasteiger partial charge in [0.25, 0.3) is 0 Å². The van der Waals surface area contributed by atoms with Gasteiger partial charge in [0, 0.05) is 12.6 Å². The van der Waals surface area contributed by atoms with E-state index in [2.05, 4.69) is 40.2 Å². The number of hydrogen-bond donors (Lipinski definition) is 3. The fourth-order valence-corrected chi connectivity index (χ4v) is 5.49. The van der Waals surface area contributed by atoms with Crippen LogP contribution >= 0.6 is 0 Å². The third kappa shape index (κ3) is 6.03. The number of hydrogen-bond acceptors (Lipinski definition) is 9. The van der Waals surface area contributed by atoms with Crippen molar-refractivity contribution in [3.05, 3.63) is 53.1 Å². The zero-order chi connectivity index (χ0) is 26.3. The highest BCUT2D eigenvalue weighted by Crippen LogP contribution is 2.38. The number of benzene rings is 2. The minimum Gasteiger partial charge on any atom is -0.493 e. The van der Waals surface area contributed by atoms with Crippen molar-refractivity contribution in [3.8, 4) is 17.2 Å². The second-order valence-electron chi connectivity index (χ2n) is 9.96. The van der Waals surface area contributed by atoms with Gasteiger partial charge in [0.15, 0.2) is 11.5 Å². The first-order valence-corrected chi connectivity index (χ1v) is 13.6. The maximum Gasteiger partial charge on any atom is 0.229 e. The number of anilines is 3. The highest BCUT2D eigenvalue weighted by molar-refractivity contribution is 5.54. The lowest BCUT2D eigenvalue weighted by atomic mass is 9.88. The lowest BCUT2D eigenvalue weighted by Gasteiger charge is -2.27. The normalized spacial score (nSPS) is 17.3. The maximum absolute atomic E-state index is 5.51. The van der Waals surface area contributed by atoms with Crippen LogP contribution in [0.1, 0.15) is 67.7 Å². The molecule has 38 heavy (non-hydrogen) atoms. The monoisotopic (exact) mass is 518 g/mol. The molecule has 0 aliphatic heterocycles. The van der Waals surface area contributed by atoms with Crippen molar-refractivity contribution in [1.29, 1.82) is 0 Å². The van der Waals surface area contributed by atoms with E-state index < -0.39 is 0 Å². The van der Waals surface area contributed by atoms with Gasteiger partial charge in [-0.1, -0.05) is 43.5 Å². The van der Waals surface area contributed by atoms with Crippen molar-refractivity contribution >= 4 is 17.8 Å². The molecule has 0 saturated heterocycles. The van der Waals surface area contributed by atoms with Gasteiger partial charge in [-0.15, -0.1) is 0 Å². The smallest absolute Gasteiger partial charge is 0.229 e. The first kappa shape index (κ1) is 25.9. The predicted octanol–water partition coefficient (Wildman–Crippen LogP) is 5.74. The second kappa shape index (κ2) is 12.2. The minimum absolute atomic E-state index is 0.174. The molecule has 1 atom stereocenters. The van der Waals surface area contributed by atoms with Crippen molar-refractivity contribution in [1.82, 2.24) is 15.0 Å². The van der Waals surface area contributed by atoms with Gasteiger partial charge >= 0.3 is 0 Å². The molecule has 3 aromatic rings. The Balaban J connectivity index is 1.39. The summed E-state index contributed by atoms with van der Waals surface area (Å²) < 4.78 is 16.5. The molecular weight excluding hydrogens is 480 g/mol. The summed E-state index contributed by atoms with van der Waals surface area (Å²) in [6, 6.07) is 13.1. The van der Waals surface area contributed by atoms with Crippen molar-refractivity contribution in [2.24, 2.45) is 0 Å². The van der Waals surface area contributed by atoms with Crippen LogP contribution in [0.2, 0.25) is 0 Å². The van der Waals surface area contributed by atoms with E-state index in [0.717, 1.165) is 37.7 Å². The first-order valence-electron chi connectivity index (χ1n) is 13.6. The topological polar surface area (TPSA) is 102 Å². The van der Waals surface area contributed by atoms with Crippen LogP contribution in [0.3, 0.4) is 0 Å². The van der Waals surface area contributed by atoms with Crippen molar-refractivity contribution in [2.45, 2.75) is 70.0 Å². The summed E-state index contributed by atoms with van der Waals surface area (Å²) in [7, 11) is 4.83. The van der Waals surface area contributed by atoms with E-state index in [4.69, 9.17) is 29.2 Å². The molecule has 9 heteroatoms. The van der Waals surface area contributed by atoms with Crippen LogP contribution in [-0.2, 0) is 13.0 Å². The van der Waals surface area contributed by atoms with E-state index in [1.54, 1.807) is 21.3 Å².